The Labute approximate surface area is 121 Å². The van der Waals surface area contributed by atoms with Crippen LogP contribution in [-0.2, 0) is 6.42 Å². The zero-order chi connectivity index (χ0) is 13.8. The fourth-order valence-electron chi connectivity index (χ4n) is 2.84. The second kappa shape index (κ2) is 6.82. The summed E-state index contributed by atoms with van der Waals surface area (Å²) < 4.78 is 13.8. The number of benzene rings is 1. The standard InChI is InChI=1S/C15H20BrFO2/c16-14-11(7-4-8-12(14)17)9-13(18)15(19)10-5-2-1-3-6-10/h4,7-8,10,13,15,18-19H,1-3,5-6,9H2. The fourth-order valence-corrected chi connectivity index (χ4v) is 3.27. The molecule has 0 heterocycles. The lowest BCUT2D eigenvalue weighted by Crippen LogP contribution is -2.36. The first kappa shape index (κ1) is 14.9. The van der Waals surface area contributed by atoms with Crippen molar-refractivity contribution in [3.8, 4) is 0 Å². The Kier molecular flexibility index (Phi) is 5.37. The van der Waals surface area contributed by atoms with Crippen LogP contribution in [0.25, 0.3) is 0 Å². The Hall–Kier alpha value is -0.450. The molecular weight excluding hydrogens is 311 g/mol. The maximum Gasteiger partial charge on any atom is 0.137 e. The van der Waals surface area contributed by atoms with Crippen molar-refractivity contribution in [2.75, 3.05) is 0 Å². The molecule has 1 aromatic rings. The molecular formula is C15H20BrFO2. The first-order valence-electron chi connectivity index (χ1n) is 6.88. The Morgan fingerprint density at radius 3 is 2.58 bits per heavy atom. The minimum Gasteiger partial charge on any atom is -0.390 e. The van der Waals surface area contributed by atoms with Gasteiger partial charge in [-0.3, -0.25) is 0 Å². The Bertz CT molecular complexity index is 419. The van der Waals surface area contributed by atoms with Crippen LogP contribution in [0, 0.1) is 11.7 Å². The summed E-state index contributed by atoms with van der Waals surface area (Å²) in [7, 11) is 0. The highest BCUT2D eigenvalue weighted by Crippen LogP contribution is 2.29. The summed E-state index contributed by atoms with van der Waals surface area (Å²) in [6.07, 6.45) is 4.14. The van der Waals surface area contributed by atoms with Gasteiger partial charge in [0.25, 0.3) is 0 Å². The Morgan fingerprint density at radius 1 is 1.21 bits per heavy atom. The molecule has 0 amide bonds. The van der Waals surface area contributed by atoms with Crippen molar-refractivity contribution in [3.63, 3.8) is 0 Å². The average molecular weight is 331 g/mol. The lowest BCUT2D eigenvalue weighted by atomic mass is 9.82. The van der Waals surface area contributed by atoms with Gasteiger partial charge in [0.15, 0.2) is 0 Å². The predicted octanol–water partition coefficient (Wildman–Crippen LogP) is 3.43. The van der Waals surface area contributed by atoms with E-state index < -0.39 is 12.2 Å². The molecule has 2 rings (SSSR count). The number of halogens is 2. The van der Waals surface area contributed by atoms with Crippen molar-refractivity contribution in [2.45, 2.75) is 50.7 Å². The SMILES string of the molecule is OC(Cc1cccc(F)c1Br)C(O)C1CCCCC1. The number of rotatable bonds is 4. The van der Waals surface area contributed by atoms with Gasteiger partial charge in [-0.25, -0.2) is 4.39 Å². The van der Waals surface area contributed by atoms with E-state index in [1.165, 1.54) is 12.5 Å². The smallest absolute Gasteiger partial charge is 0.137 e. The van der Waals surface area contributed by atoms with Gasteiger partial charge < -0.3 is 10.2 Å². The molecule has 106 valence electrons. The summed E-state index contributed by atoms with van der Waals surface area (Å²) in [6, 6.07) is 4.76. The fraction of sp³-hybridized carbons (Fsp3) is 0.600. The molecule has 2 nitrogen and oxygen atoms in total. The van der Waals surface area contributed by atoms with Crippen LogP contribution in [0.15, 0.2) is 22.7 Å². The molecule has 0 radical (unpaired) electrons. The van der Waals surface area contributed by atoms with Crippen LogP contribution in [0.1, 0.15) is 37.7 Å². The van der Waals surface area contributed by atoms with E-state index >= 15 is 0 Å². The average Bonchev–Trinajstić information content (AvgIpc) is 2.44. The molecule has 19 heavy (non-hydrogen) atoms. The van der Waals surface area contributed by atoms with Gasteiger partial charge >= 0.3 is 0 Å². The number of hydrogen-bond acceptors (Lipinski definition) is 2. The van der Waals surface area contributed by atoms with Crippen molar-refractivity contribution in [2.24, 2.45) is 5.92 Å². The highest BCUT2D eigenvalue weighted by Gasteiger charge is 2.28. The van der Waals surface area contributed by atoms with Crippen molar-refractivity contribution in [1.29, 1.82) is 0 Å². The second-order valence-electron chi connectivity index (χ2n) is 5.37. The maximum absolute atomic E-state index is 13.4. The lowest BCUT2D eigenvalue weighted by molar-refractivity contribution is -0.0264. The summed E-state index contributed by atoms with van der Waals surface area (Å²) >= 11 is 3.19. The lowest BCUT2D eigenvalue weighted by Gasteiger charge is -2.30. The van der Waals surface area contributed by atoms with Gasteiger partial charge in [0.2, 0.25) is 0 Å². The van der Waals surface area contributed by atoms with Gasteiger partial charge in [-0.1, -0.05) is 31.4 Å². The van der Waals surface area contributed by atoms with Gasteiger partial charge in [0.05, 0.1) is 16.7 Å². The minimum absolute atomic E-state index is 0.177. The normalized spacial score (nSPS) is 20.2. The summed E-state index contributed by atoms with van der Waals surface area (Å²) in [4.78, 5) is 0. The second-order valence-corrected chi connectivity index (χ2v) is 6.17. The molecule has 0 spiro atoms. The van der Waals surface area contributed by atoms with Crippen LogP contribution in [0.5, 0.6) is 0 Å². The van der Waals surface area contributed by atoms with E-state index in [9.17, 15) is 14.6 Å². The molecule has 0 bridgehead atoms. The van der Waals surface area contributed by atoms with E-state index in [4.69, 9.17) is 0 Å². The van der Waals surface area contributed by atoms with Crippen molar-refractivity contribution >= 4 is 15.9 Å². The topological polar surface area (TPSA) is 40.5 Å². The van der Waals surface area contributed by atoms with E-state index in [2.05, 4.69) is 15.9 Å². The molecule has 1 fully saturated rings. The molecule has 2 atom stereocenters. The third-order valence-electron chi connectivity index (χ3n) is 3.99. The summed E-state index contributed by atoms with van der Waals surface area (Å²) in [5, 5.41) is 20.4. The molecule has 0 aromatic heterocycles. The molecule has 2 unspecified atom stereocenters. The molecule has 0 aliphatic heterocycles. The monoisotopic (exact) mass is 330 g/mol. The largest absolute Gasteiger partial charge is 0.390 e. The molecule has 0 saturated heterocycles. The van der Waals surface area contributed by atoms with E-state index in [1.54, 1.807) is 12.1 Å². The van der Waals surface area contributed by atoms with E-state index in [-0.39, 0.29) is 18.2 Å². The predicted molar refractivity (Wildman–Crippen MR) is 76.4 cm³/mol. The van der Waals surface area contributed by atoms with Crippen LogP contribution in [-0.4, -0.2) is 22.4 Å². The number of aliphatic hydroxyl groups excluding tert-OH is 2. The Morgan fingerprint density at radius 2 is 1.89 bits per heavy atom. The van der Waals surface area contributed by atoms with Gasteiger partial charge in [-0.15, -0.1) is 0 Å². The number of aliphatic hydroxyl groups is 2. The molecule has 1 saturated carbocycles. The van der Waals surface area contributed by atoms with Gasteiger partial charge in [0, 0.05) is 6.42 Å². The van der Waals surface area contributed by atoms with Crippen LogP contribution in [0.3, 0.4) is 0 Å². The van der Waals surface area contributed by atoms with Crippen LogP contribution >= 0.6 is 15.9 Å². The molecule has 1 aliphatic rings. The minimum atomic E-state index is -0.832. The molecule has 1 aromatic carbocycles. The van der Waals surface area contributed by atoms with Gasteiger partial charge in [-0.05, 0) is 46.3 Å². The van der Waals surface area contributed by atoms with Crippen LogP contribution in [0.4, 0.5) is 4.39 Å². The van der Waals surface area contributed by atoms with Crippen LogP contribution < -0.4 is 0 Å². The molecule has 1 aliphatic carbocycles. The van der Waals surface area contributed by atoms with E-state index in [1.807, 2.05) is 0 Å². The zero-order valence-electron chi connectivity index (χ0n) is 10.9. The van der Waals surface area contributed by atoms with Crippen molar-refractivity contribution in [3.05, 3.63) is 34.1 Å². The third kappa shape index (κ3) is 3.77. The summed E-state index contributed by atoms with van der Waals surface area (Å²) in [6.45, 7) is 0. The van der Waals surface area contributed by atoms with Gasteiger partial charge in [0.1, 0.15) is 5.82 Å². The molecule has 4 heteroatoms. The maximum atomic E-state index is 13.4. The van der Waals surface area contributed by atoms with Gasteiger partial charge in [-0.2, -0.15) is 0 Å². The van der Waals surface area contributed by atoms with E-state index in [0.717, 1.165) is 25.7 Å². The Balaban J connectivity index is 1.99. The van der Waals surface area contributed by atoms with E-state index in [0.29, 0.717) is 10.0 Å². The summed E-state index contributed by atoms with van der Waals surface area (Å²) in [5.41, 5.74) is 0.697. The first-order valence-corrected chi connectivity index (χ1v) is 7.68. The zero-order valence-corrected chi connectivity index (χ0v) is 12.4. The van der Waals surface area contributed by atoms with Crippen molar-refractivity contribution in [1.82, 2.24) is 0 Å². The third-order valence-corrected chi connectivity index (χ3v) is 4.88. The van der Waals surface area contributed by atoms with Crippen molar-refractivity contribution < 1.29 is 14.6 Å². The molecule has 2 N–H and O–H groups in total. The number of hydrogen-bond donors (Lipinski definition) is 2. The highest BCUT2D eigenvalue weighted by molar-refractivity contribution is 9.10. The van der Waals surface area contributed by atoms with Crippen LogP contribution in [0.2, 0.25) is 0 Å². The first-order chi connectivity index (χ1) is 9.09. The quantitative estimate of drug-likeness (QED) is 0.887. The highest BCUT2D eigenvalue weighted by atomic mass is 79.9. The summed E-state index contributed by atoms with van der Waals surface area (Å²) in [5.74, 6) is -0.159.